The van der Waals surface area contributed by atoms with E-state index in [4.69, 9.17) is 9.47 Å². The number of rotatable bonds is 15. The number of aliphatic carboxylic acids is 1. The van der Waals surface area contributed by atoms with Crippen LogP contribution < -0.4 is 9.47 Å². The number of carboxylic acid groups (broad SMARTS) is 1. The highest BCUT2D eigenvalue weighted by molar-refractivity contribution is 7.10. The number of halogens is 6. The van der Waals surface area contributed by atoms with Crippen molar-refractivity contribution in [3.8, 4) is 11.5 Å². The number of likely N-dealkylation sites (tertiary alicyclic amines) is 2. The first-order chi connectivity index (χ1) is 28.4. The number of thiophene rings is 1. The molecule has 326 valence electrons. The maximum absolute atomic E-state index is 15.2. The number of benzene rings is 1. The molecule has 6 rings (SSSR count). The average molecular weight is 865 g/mol. The molecule has 1 saturated carbocycles. The van der Waals surface area contributed by atoms with Gasteiger partial charge in [0.25, 0.3) is 11.8 Å². The van der Waals surface area contributed by atoms with Crippen LogP contribution in [0.3, 0.4) is 0 Å². The Balaban J connectivity index is 1.31. The number of aromatic nitrogens is 1. The molecule has 0 radical (unpaired) electrons. The van der Waals surface area contributed by atoms with E-state index in [1.807, 2.05) is 31.2 Å². The van der Waals surface area contributed by atoms with Crippen LogP contribution in [-0.2, 0) is 27.4 Å². The first-order valence-electron chi connectivity index (χ1n) is 20.3. The molecule has 1 aliphatic carbocycles. The number of hydrogen-bond donors (Lipinski definition) is 1. The molecule has 4 heterocycles. The maximum Gasteiger partial charge on any atom is 0.425 e. The zero-order chi connectivity index (χ0) is 43.5. The van der Waals surface area contributed by atoms with Gasteiger partial charge < -0.3 is 29.4 Å². The summed E-state index contributed by atoms with van der Waals surface area (Å²) in [4.78, 5) is 51.3. The summed E-state index contributed by atoms with van der Waals surface area (Å²) in [6, 6.07) is 7.85. The van der Waals surface area contributed by atoms with Gasteiger partial charge in [0.1, 0.15) is 16.4 Å². The number of aliphatic imine (C=N–C) groups is 1. The molecule has 17 heteroatoms. The second kappa shape index (κ2) is 17.7. The molecular formula is C43H50F6N4O6S. The van der Waals surface area contributed by atoms with Crippen LogP contribution in [-0.4, -0.2) is 88.3 Å². The van der Waals surface area contributed by atoms with Crippen molar-refractivity contribution in [1.82, 2.24) is 14.8 Å². The molecule has 10 nitrogen and oxygen atoms in total. The fraction of sp³-hybridized carbons (Fsp3) is 0.558. The Hall–Kier alpha value is -4.67. The summed E-state index contributed by atoms with van der Waals surface area (Å²) in [7, 11) is 0. The lowest BCUT2D eigenvalue weighted by molar-refractivity contribution is -0.161. The first kappa shape index (κ1) is 44.9. The molecular weight excluding hydrogens is 815 g/mol. The predicted octanol–water partition coefficient (Wildman–Crippen LogP) is 9.47. The van der Waals surface area contributed by atoms with Crippen LogP contribution in [0.5, 0.6) is 11.5 Å². The van der Waals surface area contributed by atoms with Crippen molar-refractivity contribution >= 4 is 35.8 Å². The Bertz CT molecular complexity index is 2030. The molecule has 1 aromatic carbocycles. The van der Waals surface area contributed by atoms with Gasteiger partial charge in [-0.05, 0) is 77.1 Å². The Morgan fingerprint density at radius 2 is 1.73 bits per heavy atom. The number of piperidine rings is 2. The minimum Gasteiger partial charge on any atom is -0.490 e. The smallest absolute Gasteiger partial charge is 0.425 e. The molecule has 0 spiro atoms. The van der Waals surface area contributed by atoms with Gasteiger partial charge in [0.2, 0.25) is 5.60 Å². The van der Waals surface area contributed by atoms with Gasteiger partial charge in [0.15, 0.2) is 0 Å². The quantitative estimate of drug-likeness (QED) is 0.119. The Labute approximate surface area is 349 Å². The van der Waals surface area contributed by atoms with Crippen LogP contribution in [0.2, 0.25) is 0 Å². The van der Waals surface area contributed by atoms with Gasteiger partial charge in [0.05, 0.1) is 28.7 Å². The standard InChI is InChI=1S/C43H50F6N4O6S/c1-4-9-34-41(59-29-24-35(60-26-29)43(47,48)49,16-8-21-53(34)36(54)30-25-51-20-13-31(30)42(44,45)46)37(55)52-22-18-40(19-23-52,27-50-3)32-10-5-6-11-33(32)58-28(2)12-17-39(38(56)57)14-7-15-39/h5-6,10-11,13,20,24-26,28,34H,3-4,7-9,12,14-19,21-23,27H2,1-2H3,(H,56,57)/t28?,34-,41+/m1/s1. The summed E-state index contributed by atoms with van der Waals surface area (Å²) in [5.74, 6) is -2.02. The lowest BCUT2D eigenvalue weighted by atomic mass is 9.66. The summed E-state index contributed by atoms with van der Waals surface area (Å²) in [6.07, 6.45) is -3.64. The number of ether oxygens (including phenoxy) is 2. The number of amides is 2. The molecule has 1 unspecified atom stereocenters. The third-order valence-electron chi connectivity index (χ3n) is 12.6. The van der Waals surface area contributed by atoms with E-state index in [2.05, 4.69) is 16.7 Å². The third-order valence-corrected chi connectivity index (χ3v) is 13.5. The van der Waals surface area contributed by atoms with Gasteiger partial charge in [-0.25, -0.2) is 0 Å². The van der Waals surface area contributed by atoms with Crippen LogP contribution >= 0.6 is 11.3 Å². The molecule has 2 aliphatic heterocycles. The van der Waals surface area contributed by atoms with E-state index in [1.54, 1.807) is 11.8 Å². The van der Waals surface area contributed by atoms with Crippen molar-refractivity contribution in [2.24, 2.45) is 10.4 Å². The molecule has 2 saturated heterocycles. The summed E-state index contributed by atoms with van der Waals surface area (Å²) in [6.45, 7) is 8.00. The van der Waals surface area contributed by atoms with Gasteiger partial charge in [-0.2, -0.15) is 26.3 Å². The highest BCUT2D eigenvalue weighted by atomic mass is 32.1. The Kier molecular flexibility index (Phi) is 13.3. The van der Waals surface area contributed by atoms with Crippen molar-refractivity contribution < 1.29 is 55.3 Å². The fourth-order valence-corrected chi connectivity index (χ4v) is 9.85. The normalized spacial score (nSPS) is 22.0. The highest BCUT2D eigenvalue weighted by Gasteiger charge is 2.57. The molecule has 3 atom stereocenters. The molecule has 60 heavy (non-hydrogen) atoms. The number of hydrogen-bond acceptors (Lipinski definition) is 8. The monoisotopic (exact) mass is 864 g/mol. The lowest BCUT2D eigenvalue weighted by Gasteiger charge is -2.51. The van der Waals surface area contributed by atoms with Crippen molar-refractivity contribution in [3.63, 3.8) is 0 Å². The van der Waals surface area contributed by atoms with Crippen molar-refractivity contribution in [1.29, 1.82) is 0 Å². The largest absolute Gasteiger partial charge is 0.490 e. The highest BCUT2D eigenvalue weighted by Crippen LogP contribution is 2.47. The number of nitrogens with zero attached hydrogens (tertiary/aromatic N) is 4. The van der Waals surface area contributed by atoms with Crippen molar-refractivity contribution in [2.45, 2.75) is 120 Å². The van der Waals surface area contributed by atoms with Gasteiger partial charge in [-0.15, -0.1) is 11.3 Å². The Morgan fingerprint density at radius 1 is 1.02 bits per heavy atom. The van der Waals surface area contributed by atoms with Gasteiger partial charge in [-0.1, -0.05) is 38.0 Å². The van der Waals surface area contributed by atoms with Crippen LogP contribution in [0.25, 0.3) is 0 Å². The molecule has 2 amide bonds. The van der Waals surface area contributed by atoms with E-state index in [9.17, 15) is 41.0 Å². The minimum atomic E-state index is -4.89. The second-order valence-electron chi connectivity index (χ2n) is 16.3. The number of carbonyl (C=O) groups excluding carboxylic acids is 2. The second-order valence-corrected chi connectivity index (χ2v) is 17.2. The molecule has 2 aromatic heterocycles. The third kappa shape index (κ3) is 9.01. The van der Waals surface area contributed by atoms with Crippen molar-refractivity contribution in [3.05, 3.63) is 75.7 Å². The number of carboxylic acids is 1. The molecule has 0 bridgehead atoms. The topological polar surface area (TPSA) is 122 Å². The average Bonchev–Trinajstić information content (AvgIpc) is 3.67. The SMILES string of the molecule is C=NCC1(c2ccccc2OC(C)CCC2(C(=O)O)CCC2)CCN(C(=O)[C@]2(Oc3csc(C(F)(F)F)c3)CCCN(C(=O)c3cnccc3C(F)(F)F)[C@@H]2CCC)CC1. The van der Waals surface area contributed by atoms with Crippen LogP contribution in [0.4, 0.5) is 26.3 Å². The van der Waals surface area contributed by atoms with E-state index < -0.39 is 68.6 Å². The summed E-state index contributed by atoms with van der Waals surface area (Å²) >= 11 is 0.389. The molecule has 3 aromatic rings. The van der Waals surface area contributed by atoms with Crippen LogP contribution in [0.1, 0.15) is 111 Å². The van der Waals surface area contributed by atoms with Gasteiger partial charge in [0, 0.05) is 67.4 Å². The molecule has 3 fully saturated rings. The predicted molar refractivity (Wildman–Crippen MR) is 212 cm³/mol. The zero-order valence-electron chi connectivity index (χ0n) is 33.6. The number of alkyl halides is 6. The van der Waals surface area contributed by atoms with E-state index in [0.29, 0.717) is 68.1 Å². The molecule has 1 N–H and O–H groups in total. The van der Waals surface area contributed by atoms with Crippen LogP contribution in [0, 0.1) is 5.41 Å². The molecule has 3 aliphatic rings. The van der Waals surface area contributed by atoms with E-state index in [-0.39, 0.29) is 57.3 Å². The van der Waals surface area contributed by atoms with Gasteiger partial charge in [-0.3, -0.25) is 19.4 Å². The number of pyridine rings is 1. The lowest BCUT2D eigenvalue weighted by Crippen LogP contribution is -2.68. The fourth-order valence-electron chi connectivity index (χ4n) is 9.17. The van der Waals surface area contributed by atoms with Gasteiger partial charge >= 0.3 is 18.3 Å². The number of para-hydroxylation sites is 1. The van der Waals surface area contributed by atoms with E-state index >= 15 is 4.79 Å². The Morgan fingerprint density at radius 3 is 2.33 bits per heavy atom. The van der Waals surface area contributed by atoms with Crippen molar-refractivity contribution in [2.75, 3.05) is 26.2 Å². The van der Waals surface area contributed by atoms with Crippen LogP contribution in [0.15, 0.2) is 59.2 Å². The summed E-state index contributed by atoms with van der Waals surface area (Å²) in [5, 5.41) is 11.0. The first-order valence-corrected chi connectivity index (χ1v) is 21.2. The summed E-state index contributed by atoms with van der Waals surface area (Å²) in [5.41, 5.74) is -4.39. The minimum absolute atomic E-state index is 0.00969. The maximum atomic E-state index is 15.2. The zero-order valence-corrected chi connectivity index (χ0v) is 34.4. The van der Waals surface area contributed by atoms with E-state index in [0.717, 1.165) is 35.8 Å². The summed E-state index contributed by atoms with van der Waals surface area (Å²) < 4.78 is 96.8. The van der Waals surface area contributed by atoms with E-state index in [1.165, 1.54) is 4.90 Å². The number of carbonyl (C=O) groups is 3.